The zero-order valence-electron chi connectivity index (χ0n) is 9.81. The van der Waals surface area contributed by atoms with Crippen molar-refractivity contribution in [3.8, 4) is 0 Å². The van der Waals surface area contributed by atoms with Gasteiger partial charge in [0.05, 0.1) is 5.69 Å². The van der Waals surface area contributed by atoms with E-state index in [0.717, 1.165) is 5.56 Å². The monoisotopic (exact) mass is 320 g/mol. The molecule has 0 radical (unpaired) electrons. The largest absolute Gasteiger partial charge is 0.320 e. The number of halogens is 2. The quantitative estimate of drug-likeness (QED) is 0.693. The third kappa shape index (κ3) is 3.99. The lowest BCUT2D eigenvalue weighted by atomic mass is 10.2. The summed E-state index contributed by atoms with van der Waals surface area (Å²) in [6, 6.07) is 9.34. The minimum atomic E-state index is -0.305. The van der Waals surface area contributed by atoms with E-state index in [1.54, 1.807) is 36.5 Å². The highest BCUT2D eigenvalue weighted by atomic mass is 79.9. The molecule has 0 bridgehead atoms. The maximum atomic E-state index is 12.7. The van der Waals surface area contributed by atoms with E-state index in [2.05, 4.69) is 26.2 Å². The number of benzene rings is 1. The number of aromatic nitrogens is 1. The molecule has 1 aromatic heterocycles. The van der Waals surface area contributed by atoms with Crippen molar-refractivity contribution in [3.05, 3.63) is 64.7 Å². The molecule has 0 aliphatic heterocycles. The fourth-order valence-corrected chi connectivity index (χ4v) is 1.75. The second-order valence-electron chi connectivity index (χ2n) is 3.72. The van der Waals surface area contributed by atoms with Gasteiger partial charge in [-0.05, 0) is 51.8 Å². The van der Waals surface area contributed by atoms with Gasteiger partial charge in [-0.1, -0.05) is 12.1 Å². The minimum absolute atomic E-state index is 0.280. The van der Waals surface area contributed by atoms with Crippen LogP contribution in [0.3, 0.4) is 0 Å². The highest BCUT2D eigenvalue weighted by molar-refractivity contribution is 9.10. The summed E-state index contributed by atoms with van der Waals surface area (Å²) in [6.45, 7) is 0. The smallest absolute Gasteiger partial charge is 0.248 e. The third-order valence-corrected chi connectivity index (χ3v) is 2.95. The van der Waals surface area contributed by atoms with Gasteiger partial charge >= 0.3 is 0 Å². The van der Waals surface area contributed by atoms with Crippen molar-refractivity contribution in [1.82, 2.24) is 4.98 Å². The summed E-state index contributed by atoms with van der Waals surface area (Å²) in [5.74, 6) is -0.584. The van der Waals surface area contributed by atoms with Crippen LogP contribution < -0.4 is 5.32 Å². The van der Waals surface area contributed by atoms with Crippen LogP contribution in [0.1, 0.15) is 5.56 Å². The Labute approximate surface area is 118 Å². The summed E-state index contributed by atoms with van der Waals surface area (Å²) in [7, 11) is 0. The van der Waals surface area contributed by atoms with Crippen LogP contribution in [0.5, 0.6) is 0 Å². The van der Waals surface area contributed by atoms with Crippen LogP contribution in [0.15, 0.2) is 53.3 Å². The van der Waals surface area contributed by atoms with Crippen molar-refractivity contribution in [1.29, 1.82) is 0 Å². The predicted molar refractivity (Wildman–Crippen MR) is 76.0 cm³/mol. The predicted octanol–water partition coefficient (Wildman–Crippen LogP) is 3.64. The maximum Gasteiger partial charge on any atom is 0.248 e. The van der Waals surface area contributed by atoms with Crippen LogP contribution in [0.4, 0.5) is 10.1 Å². The lowest BCUT2D eigenvalue weighted by Crippen LogP contribution is -2.08. The molecule has 1 aromatic carbocycles. The molecule has 0 aliphatic rings. The standard InChI is InChI=1S/C14H10BrFN2O/c15-14-12(2-1-9-17-14)18-13(19)8-5-10-3-6-11(16)7-4-10/h1-9H,(H,18,19)/b8-5+. The first-order valence-corrected chi connectivity index (χ1v) is 6.29. The molecule has 2 aromatic rings. The van der Waals surface area contributed by atoms with E-state index in [9.17, 15) is 9.18 Å². The Morgan fingerprint density at radius 1 is 1.26 bits per heavy atom. The van der Waals surface area contributed by atoms with E-state index in [1.165, 1.54) is 18.2 Å². The molecule has 2 rings (SSSR count). The number of hydrogen-bond donors (Lipinski definition) is 1. The number of anilines is 1. The van der Waals surface area contributed by atoms with Crippen molar-refractivity contribution in [2.24, 2.45) is 0 Å². The van der Waals surface area contributed by atoms with Gasteiger partial charge in [0.1, 0.15) is 10.4 Å². The summed E-state index contributed by atoms with van der Waals surface area (Å²) in [4.78, 5) is 15.7. The molecule has 0 fully saturated rings. The summed E-state index contributed by atoms with van der Waals surface area (Å²) in [5, 5.41) is 2.68. The van der Waals surface area contributed by atoms with E-state index in [4.69, 9.17) is 0 Å². The van der Waals surface area contributed by atoms with Gasteiger partial charge in [0.15, 0.2) is 0 Å². The van der Waals surface area contributed by atoms with Crippen LogP contribution in [0, 0.1) is 5.82 Å². The first-order valence-electron chi connectivity index (χ1n) is 5.50. The van der Waals surface area contributed by atoms with Crippen LogP contribution >= 0.6 is 15.9 Å². The van der Waals surface area contributed by atoms with Gasteiger partial charge in [0, 0.05) is 12.3 Å². The van der Waals surface area contributed by atoms with Crippen LogP contribution in [-0.2, 0) is 4.79 Å². The summed E-state index contributed by atoms with van der Waals surface area (Å²) in [6.07, 6.45) is 4.61. The van der Waals surface area contributed by atoms with Crippen LogP contribution in [0.2, 0.25) is 0 Å². The maximum absolute atomic E-state index is 12.7. The molecule has 0 spiro atoms. The summed E-state index contributed by atoms with van der Waals surface area (Å²) >= 11 is 3.24. The van der Waals surface area contributed by atoms with Gasteiger partial charge in [0.2, 0.25) is 5.91 Å². The topological polar surface area (TPSA) is 42.0 Å². The van der Waals surface area contributed by atoms with Crippen molar-refractivity contribution < 1.29 is 9.18 Å². The average molecular weight is 321 g/mol. The third-order valence-electron chi connectivity index (χ3n) is 2.31. The highest BCUT2D eigenvalue weighted by Gasteiger charge is 2.02. The van der Waals surface area contributed by atoms with Gasteiger partial charge in [-0.3, -0.25) is 4.79 Å². The van der Waals surface area contributed by atoms with Crippen molar-refractivity contribution in [3.63, 3.8) is 0 Å². The van der Waals surface area contributed by atoms with E-state index in [-0.39, 0.29) is 11.7 Å². The first kappa shape index (κ1) is 13.4. The van der Waals surface area contributed by atoms with Crippen molar-refractivity contribution in [2.75, 3.05) is 5.32 Å². The minimum Gasteiger partial charge on any atom is -0.320 e. The zero-order valence-corrected chi connectivity index (χ0v) is 11.4. The molecule has 96 valence electrons. The molecule has 1 amide bonds. The Balaban J connectivity index is 2.02. The van der Waals surface area contributed by atoms with E-state index >= 15 is 0 Å². The second kappa shape index (κ2) is 6.24. The normalized spacial score (nSPS) is 10.6. The summed E-state index contributed by atoms with van der Waals surface area (Å²) < 4.78 is 13.3. The number of nitrogens with one attached hydrogen (secondary N) is 1. The zero-order chi connectivity index (χ0) is 13.7. The Morgan fingerprint density at radius 2 is 2.00 bits per heavy atom. The van der Waals surface area contributed by atoms with E-state index in [1.807, 2.05) is 0 Å². The van der Waals surface area contributed by atoms with Crippen molar-refractivity contribution >= 4 is 33.6 Å². The molecule has 3 nitrogen and oxygen atoms in total. The fraction of sp³-hybridized carbons (Fsp3) is 0. The van der Waals surface area contributed by atoms with Gasteiger partial charge in [-0.2, -0.15) is 0 Å². The molecular formula is C14H10BrFN2O. The van der Waals surface area contributed by atoms with Crippen LogP contribution in [-0.4, -0.2) is 10.9 Å². The number of rotatable bonds is 3. The highest BCUT2D eigenvalue weighted by Crippen LogP contribution is 2.18. The Kier molecular flexibility index (Phi) is 4.41. The molecule has 0 aliphatic carbocycles. The lowest BCUT2D eigenvalue weighted by molar-refractivity contribution is -0.111. The first-order chi connectivity index (χ1) is 9.15. The van der Waals surface area contributed by atoms with Gasteiger partial charge in [-0.25, -0.2) is 9.37 Å². The molecular weight excluding hydrogens is 311 g/mol. The van der Waals surface area contributed by atoms with Gasteiger partial charge < -0.3 is 5.32 Å². The molecule has 5 heteroatoms. The fourth-order valence-electron chi connectivity index (χ4n) is 1.40. The van der Waals surface area contributed by atoms with Crippen molar-refractivity contribution in [2.45, 2.75) is 0 Å². The SMILES string of the molecule is O=C(/C=C/c1ccc(F)cc1)Nc1cccnc1Br. The summed E-state index contributed by atoms with van der Waals surface area (Å²) in [5.41, 5.74) is 1.35. The molecule has 1 heterocycles. The average Bonchev–Trinajstić information content (AvgIpc) is 2.41. The Bertz CT molecular complexity index is 611. The molecule has 0 saturated heterocycles. The number of hydrogen-bond acceptors (Lipinski definition) is 2. The number of pyridine rings is 1. The number of nitrogens with zero attached hydrogens (tertiary/aromatic N) is 1. The van der Waals surface area contributed by atoms with Crippen LogP contribution in [0.25, 0.3) is 6.08 Å². The molecule has 0 saturated carbocycles. The number of carbonyl (C=O) groups excluding carboxylic acids is 1. The molecule has 19 heavy (non-hydrogen) atoms. The Hall–Kier alpha value is -2.01. The number of carbonyl (C=O) groups is 1. The molecule has 0 atom stereocenters. The number of amides is 1. The molecule has 0 unspecified atom stereocenters. The molecule has 1 N–H and O–H groups in total. The van der Waals surface area contributed by atoms with E-state index < -0.39 is 0 Å². The van der Waals surface area contributed by atoms with Gasteiger partial charge in [-0.15, -0.1) is 0 Å². The second-order valence-corrected chi connectivity index (χ2v) is 4.47. The van der Waals surface area contributed by atoms with Gasteiger partial charge in [0.25, 0.3) is 0 Å². The Morgan fingerprint density at radius 3 is 2.68 bits per heavy atom. The van der Waals surface area contributed by atoms with E-state index in [0.29, 0.717) is 10.3 Å². The lowest BCUT2D eigenvalue weighted by Gasteiger charge is -2.03.